The van der Waals surface area contributed by atoms with E-state index >= 15 is 0 Å². The third kappa shape index (κ3) is 2.26. The van der Waals surface area contributed by atoms with Crippen LogP contribution in [0.1, 0.15) is 20.3 Å². The molecule has 0 bridgehead atoms. The van der Waals surface area contributed by atoms with Gasteiger partial charge in [-0.2, -0.15) is 0 Å². The molecular formula is C12H16O4. The van der Waals surface area contributed by atoms with E-state index in [0.29, 0.717) is 11.8 Å². The molecule has 0 aromatic carbocycles. The van der Waals surface area contributed by atoms with Gasteiger partial charge in [0.05, 0.1) is 12.5 Å². The molecule has 0 radical (unpaired) electrons. The molecule has 1 saturated carbocycles. The lowest BCUT2D eigenvalue weighted by molar-refractivity contribution is -0.142. The topological polar surface area (TPSA) is 52.6 Å². The molecule has 16 heavy (non-hydrogen) atoms. The number of carbonyl (C=O) groups excluding carboxylic acids is 2. The summed E-state index contributed by atoms with van der Waals surface area (Å²) in [4.78, 5) is 22.6. The lowest BCUT2D eigenvalue weighted by atomic mass is 10.2. The first kappa shape index (κ1) is 11.2. The molecule has 0 aliphatic heterocycles. The van der Waals surface area contributed by atoms with E-state index in [0.717, 1.165) is 6.42 Å². The zero-order chi connectivity index (χ0) is 11.7. The minimum absolute atomic E-state index is 0.114. The maximum atomic E-state index is 11.5. The summed E-state index contributed by atoms with van der Waals surface area (Å²) in [7, 11) is 0. The standard InChI is InChI=1S/C12H16O4/c1-7(2)6-15-12(14)16-11(13)10-8-4-3-5-9(8)10/h3-4,7-10H,5-6H2,1-2H3/t8-,9+,10-/m1/s1. The smallest absolute Gasteiger partial charge is 0.434 e. The van der Waals surface area contributed by atoms with Gasteiger partial charge in [0.1, 0.15) is 0 Å². The van der Waals surface area contributed by atoms with Gasteiger partial charge >= 0.3 is 12.1 Å². The summed E-state index contributed by atoms with van der Waals surface area (Å²) in [5.41, 5.74) is 0. The quantitative estimate of drug-likeness (QED) is 0.418. The van der Waals surface area contributed by atoms with Gasteiger partial charge in [-0.3, -0.25) is 4.79 Å². The number of fused-ring (bicyclic) bond motifs is 1. The second kappa shape index (κ2) is 4.28. The van der Waals surface area contributed by atoms with Crippen molar-refractivity contribution in [2.24, 2.45) is 23.7 Å². The van der Waals surface area contributed by atoms with Gasteiger partial charge in [0, 0.05) is 0 Å². The molecule has 4 nitrogen and oxygen atoms in total. The molecular weight excluding hydrogens is 208 g/mol. The van der Waals surface area contributed by atoms with Crippen molar-refractivity contribution in [3.8, 4) is 0 Å². The molecule has 88 valence electrons. The van der Waals surface area contributed by atoms with Crippen molar-refractivity contribution in [2.75, 3.05) is 6.61 Å². The van der Waals surface area contributed by atoms with E-state index in [1.807, 2.05) is 19.9 Å². The Hall–Kier alpha value is -1.32. The fraction of sp³-hybridized carbons (Fsp3) is 0.667. The first-order valence-corrected chi connectivity index (χ1v) is 5.64. The number of rotatable bonds is 3. The van der Waals surface area contributed by atoms with Gasteiger partial charge < -0.3 is 9.47 Å². The van der Waals surface area contributed by atoms with Crippen LogP contribution < -0.4 is 0 Å². The van der Waals surface area contributed by atoms with Gasteiger partial charge in [-0.05, 0) is 24.2 Å². The molecule has 0 spiro atoms. The van der Waals surface area contributed by atoms with E-state index in [-0.39, 0.29) is 18.4 Å². The first-order chi connectivity index (χ1) is 7.59. The summed E-state index contributed by atoms with van der Waals surface area (Å²) < 4.78 is 9.40. The molecule has 1 fully saturated rings. The summed E-state index contributed by atoms with van der Waals surface area (Å²) in [6, 6.07) is 0. The molecule has 3 atom stereocenters. The third-order valence-electron chi connectivity index (χ3n) is 2.99. The maximum Gasteiger partial charge on any atom is 0.516 e. The maximum absolute atomic E-state index is 11.5. The number of allylic oxidation sites excluding steroid dienone is 2. The Morgan fingerprint density at radius 2 is 2.19 bits per heavy atom. The summed E-state index contributed by atoms with van der Waals surface area (Å²) in [5.74, 6) is 0.353. The van der Waals surface area contributed by atoms with Gasteiger partial charge in [0.2, 0.25) is 0 Å². The number of hydrogen-bond donors (Lipinski definition) is 0. The van der Waals surface area contributed by atoms with Crippen molar-refractivity contribution in [2.45, 2.75) is 20.3 Å². The summed E-state index contributed by atoms with van der Waals surface area (Å²) >= 11 is 0. The normalized spacial score (nSPS) is 30.1. The molecule has 0 unspecified atom stereocenters. The van der Waals surface area contributed by atoms with Crippen LogP contribution in [0.4, 0.5) is 4.79 Å². The zero-order valence-electron chi connectivity index (χ0n) is 9.51. The van der Waals surface area contributed by atoms with Crippen LogP contribution in [0.5, 0.6) is 0 Å². The minimum Gasteiger partial charge on any atom is -0.434 e. The van der Waals surface area contributed by atoms with E-state index in [4.69, 9.17) is 4.74 Å². The monoisotopic (exact) mass is 224 g/mol. The van der Waals surface area contributed by atoms with Crippen molar-refractivity contribution in [3.05, 3.63) is 12.2 Å². The highest BCUT2D eigenvalue weighted by Gasteiger charge is 2.56. The predicted octanol–water partition coefficient (Wildman–Crippen LogP) is 2.14. The fourth-order valence-electron chi connectivity index (χ4n) is 2.11. The van der Waals surface area contributed by atoms with E-state index in [2.05, 4.69) is 10.8 Å². The minimum atomic E-state index is -0.868. The Morgan fingerprint density at radius 3 is 2.75 bits per heavy atom. The van der Waals surface area contributed by atoms with Gasteiger partial charge in [-0.15, -0.1) is 0 Å². The van der Waals surface area contributed by atoms with Crippen molar-refractivity contribution in [1.29, 1.82) is 0 Å². The number of esters is 1. The Morgan fingerprint density at radius 1 is 1.44 bits per heavy atom. The van der Waals surface area contributed by atoms with Crippen molar-refractivity contribution < 1.29 is 19.1 Å². The first-order valence-electron chi connectivity index (χ1n) is 5.64. The van der Waals surface area contributed by atoms with Gasteiger partial charge in [0.15, 0.2) is 0 Å². The Bertz CT molecular complexity index is 332. The van der Waals surface area contributed by atoms with Gasteiger partial charge in [-0.1, -0.05) is 26.0 Å². The van der Waals surface area contributed by atoms with Crippen LogP contribution in [0, 0.1) is 23.7 Å². The van der Waals surface area contributed by atoms with Gasteiger partial charge in [0.25, 0.3) is 0 Å². The lowest BCUT2D eigenvalue weighted by Gasteiger charge is -2.06. The van der Waals surface area contributed by atoms with Crippen LogP contribution in [0.15, 0.2) is 12.2 Å². The van der Waals surface area contributed by atoms with E-state index < -0.39 is 12.1 Å². The molecule has 0 aromatic heterocycles. The molecule has 2 rings (SSSR count). The Labute approximate surface area is 94.6 Å². The summed E-state index contributed by atoms with van der Waals surface area (Å²) in [6.07, 6.45) is 4.14. The third-order valence-corrected chi connectivity index (χ3v) is 2.99. The van der Waals surface area contributed by atoms with E-state index in [1.54, 1.807) is 0 Å². The highest BCUT2D eigenvalue weighted by Crippen LogP contribution is 2.54. The van der Waals surface area contributed by atoms with Crippen LogP contribution in [-0.4, -0.2) is 18.7 Å². The highest BCUT2D eigenvalue weighted by molar-refractivity contribution is 5.86. The number of ether oxygens (including phenoxy) is 2. The molecule has 2 aliphatic rings. The molecule has 0 amide bonds. The van der Waals surface area contributed by atoms with Crippen molar-refractivity contribution in [1.82, 2.24) is 0 Å². The summed E-state index contributed by atoms with van der Waals surface area (Å²) in [5, 5.41) is 0. The summed E-state index contributed by atoms with van der Waals surface area (Å²) in [6.45, 7) is 4.12. The zero-order valence-corrected chi connectivity index (χ0v) is 9.51. The van der Waals surface area contributed by atoms with Crippen LogP contribution in [-0.2, 0) is 14.3 Å². The molecule has 0 saturated heterocycles. The van der Waals surface area contributed by atoms with Crippen LogP contribution in [0.2, 0.25) is 0 Å². The number of carbonyl (C=O) groups is 2. The van der Waals surface area contributed by atoms with Crippen LogP contribution in [0.25, 0.3) is 0 Å². The molecule has 0 aromatic rings. The average Bonchev–Trinajstić information content (AvgIpc) is 2.70. The fourth-order valence-corrected chi connectivity index (χ4v) is 2.11. The molecule has 0 N–H and O–H groups in total. The Kier molecular flexibility index (Phi) is 2.99. The van der Waals surface area contributed by atoms with Crippen molar-refractivity contribution in [3.63, 3.8) is 0 Å². The molecule has 0 heterocycles. The van der Waals surface area contributed by atoms with Crippen LogP contribution >= 0.6 is 0 Å². The second-order valence-electron chi connectivity index (χ2n) is 4.81. The van der Waals surface area contributed by atoms with Crippen LogP contribution in [0.3, 0.4) is 0 Å². The Balaban J connectivity index is 1.72. The lowest BCUT2D eigenvalue weighted by Crippen LogP contribution is -2.18. The van der Waals surface area contributed by atoms with E-state index in [9.17, 15) is 9.59 Å². The molecule has 2 aliphatic carbocycles. The van der Waals surface area contributed by atoms with Gasteiger partial charge in [-0.25, -0.2) is 4.79 Å². The number of hydrogen-bond acceptors (Lipinski definition) is 4. The van der Waals surface area contributed by atoms with E-state index in [1.165, 1.54) is 0 Å². The highest BCUT2D eigenvalue weighted by atomic mass is 16.7. The molecule has 4 heteroatoms. The predicted molar refractivity (Wildman–Crippen MR) is 56.5 cm³/mol. The average molecular weight is 224 g/mol. The van der Waals surface area contributed by atoms with Crippen molar-refractivity contribution >= 4 is 12.1 Å². The SMILES string of the molecule is CC(C)COC(=O)OC(=O)[C@@H]1[C@@H]2C=CC[C@@H]21. The second-order valence-corrected chi connectivity index (χ2v) is 4.81. The largest absolute Gasteiger partial charge is 0.516 e.